The third-order valence-corrected chi connectivity index (χ3v) is 8.16. The Morgan fingerprint density at radius 2 is 1.89 bits per heavy atom. The maximum Gasteiger partial charge on any atom is 0.226 e. The molecule has 4 rings (SSSR count). The summed E-state index contributed by atoms with van der Waals surface area (Å²) in [6.07, 6.45) is 4.51. The minimum Gasteiger partial charge on any atom is -0.497 e. The summed E-state index contributed by atoms with van der Waals surface area (Å²) in [6, 6.07) is 24.7. The van der Waals surface area contributed by atoms with Crippen LogP contribution in [0.25, 0.3) is 0 Å². The first-order valence-corrected chi connectivity index (χ1v) is 15.3. The zero-order chi connectivity index (χ0) is 31.5. The second-order valence-corrected chi connectivity index (χ2v) is 11.6. The minimum atomic E-state index is -0.169. The number of rotatable bonds is 13. The molecule has 1 aromatic heterocycles. The van der Waals surface area contributed by atoms with Gasteiger partial charge in [-0.3, -0.25) is 4.79 Å². The van der Waals surface area contributed by atoms with Gasteiger partial charge in [0, 0.05) is 48.3 Å². The third kappa shape index (κ3) is 9.30. The van der Waals surface area contributed by atoms with Crippen LogP contribution >= 0.6 is 23.8 Å². The van der Waals surface area contributed by atoms with Crippen LogP contribution in [0.3, 0.4) is 0 Å². The highest BCUT2D eigenvalue weighted by atomic mass is 35.5. The fourth-order valence-electron chi connectivity index (χ4n) is 4.78. The Labute approximate surface area is 269 Å². The van der Waals surface area contributed by atoms with Gasteiger partial charge in [-0.25, -0.2) is 4.98 Å². The number of nitriles is 1. The van der Waals surface area contributed by atoms with Gasteiger partial charge in [-0.1, -0.05) is 56.1 Å². The minimum absolute atomic E-state index is 0.0892. The summed E-state index contributed by atoms with van der Waals surface area (Å²) in [4.78, 5) is 19.8. The van der Waals surface area contributed by atoms with Crippen LogP contribution < -0.4 is 15.4 Å². The summed E-state index contributed by atoms with van der Waals surface area (Å²) in [5.41, 5.74) is 4.29. The summed E-state index contributed by atoms with van der Waals surface area (Å²) in [5, 5.41) is 16.9. The average Bonchev–Trinajstić information content (AvgIpc) is 3.46. The lowest BCUT2D eigenvalue weighted by Crippen LogP contribution is -2.50. The number of thiocarbonyl (C=S) groups is 1. The van der Waals surface area contributed by atoms with Crippen molar-refractivity contribution in [2.24, 2.45) is 5.92 Å². The van der Waals surface area contributed by atoms with E-state index in [1.54, 1.807) is 31.8 Å². The molecule has 0 unspecified atom stereocenters. The Kier molecular flexibility index (Phi) is 11.8. The summed E-state index contributed by atoms with van der Waals surface area (Å²) in [6.45, 7) is 5.83. The summed E-state index contributed by atoms with van der Waals surface area (Å²) in [7, 11) is 1.63. The Morgan fingerprint density at radius 1 is 1.14 bits per heavy atom. The Morgan fingerprint density at radius 3 is 2.55 bits per heavy atom. The maximum absolute atomic E-state index is 13.5. The number of methoxy groups -OCH3 is 1. The van der Waals surface area contributed by atoms with Gasteiger partial charge in [0.25, 0.3) is 0 Å². The predicted octanol–water partition coefficient (Wildman–Crippen LogP) is 6.44. The van der Waals surface area contributed by atoms with E-state index in [2.05, 4.69) is 40.4 Å². The molecule has 0 radical (unpaired) electrons. The molecule has 4 aromatic rings. The van der Waals surface area contributed by atoms with E-state index < -0.39 is 0 Å². The molecule has 0 aliphatic carbocycles. The van der Waals surface area contributed by atoms with E-state index in [0.717, 1.165) is 34.7 Å². The molecule has 0 fully saturated rings. The molecule has 2 N–H and O–H groups in total. The topological polar surface area (TPSA) is 95.2 Å². The van der Waals surface area contributed by atoms with Gasteiger partial charge in [0.1, 0.15) is 5.75 Å². The molecule has 1 amide bonds. The Hall–Kier alpha value is -4.39. The molecule has 0 saturated heterocycles. The van der Waals surface area contributed by atoms with Gasteiger partial charge in [-0.05, 0) is 77.8 Å². The van der Waals surface area contributed by atoms with Crippen LogP contribution in [0, 0.1) is 17.2 Å². The van der Waals surface area contributed by atoms with Gasteiger partial charge in [-0.15, -0.1) is 0 Å². The number of aromatic nitrogens is 2. The molecule has 0 saturated carbocycles. The molecule has 0 aliphatic rings. The van der Waals surface area contributed by atoms with E-state index in [4.69, 9.17) is 33.8 Å². The van der Waals surface area contributed by atoms with Gasteiger partial charge in [0.2, 0.25) is 5.91 Å². The highest BCUT2D eigenvalue weighted by Crippen LogP contribution is 2.19. The van der Waals surface area contributed by atoms with Gasteiger partial charge in [-0.2, -0.15) is 5.26 Å². The zero-order valence-corrected chi connectivity index (χ0v) is 26.7. The van der Waals surface area contributed by atoms with Crippen molar-refractivity contribution in [2.45, 2.75) is 45.8 Å². The number of ether oxygens (including phenoxy) is 1. The fourth-order valence-corrected chi connectivity index (χ4v) is 5.25. The van der Waals surface area contributed by atoms with E-state index in [-0.39, 0.29) is 24.3 Å². The molecule has 2 atom stereocenters. The molecule has 3 aromatic carbocycles. The lowest BCUT2D eigenvalue weighted by molar-refractivity contribution is -0.121. The number of carbonyl (C=O) groups is 1. The summed E-state index contributed by atoms with van der Waals surface area (Å²) >= 11 is 12.2. The number of nitrogens with zero attached hydrogens (tertiary/aromatic N) is 4. The molecule has 10 heteroatoms. The van der Waals surface area contributed by atoms with Crippen molar-refractivity contribution < 1.29 is 9.53 Å². The fraction of sp³-hybridized carbons (Fsp3) is 0.294. The number of imidazole rings is 1. The maximum atomic E-state index is 13.5. The second-order valence-electron chi connectivity index (χ2n) is 10.7. The van der Waals surface area contributed by atoms with Gasteiger partial charge < -0.3 is 24.8 Å². The van der Waals surface area contributed by atoms with Crippen molar-refractivity contribution in [3.05, 3.63) is 113 Å². The standard InChI is InChI=1S/C34H37ClN6O2S/c1-4-24(2)32(39-33(42)17-30-19-37-23-41(30)20-26-10-8-25(18-36)9-11-26)22-40(21-27-6-5-7-28(35)16-27)34(44)38-29-12-14-31(43-3)15-13-29/h5-16,19,23-24,32H,4,17,20-22H2,1-3H3,(H,38,44)(H,39,42)/t24-,32+/m0/s1. The first-order valence-electron chi connectivity index (χ1n) is 14.5. The van der Waals surface area contributed by atoms with Crippen LogP contribution in [-0.4, -0.2) is 45.2 Å². The van der Waals surface area contributed by atoms with E-state index in [0.29, 0.717) is 35.3 Å². The SMILES string of the molecule is CC[C@H](C)[C@@H](CN(Cc1cccc(Cl)c1)C(=S)Nc1ccc(OC)cc1)NC(=O)Cc1cncn1Cc1ccc(C#N)cc1. The number of halogens is 1. The quantitative estimate of drug-likeness (QED) is 0.165. The van der Waals surface area contributed by atoms with Crippen molar-refractivity contribution in [2.75, 3.05) is 19.0 Å². The molecule has 0 bridgehead atoms. The van der Waals surface area contributed by atoms with Crippen LogP contribution in [0.15, 0.2) is 85.3 Å². The van der Waals surface area contributed by atoms with Crippen LogP contribution in [-0.2, 0) is 24.3 Å². The van der Waals surface area contributed by atoms with E-state index >= 15 is 0 Å². The number of amides is 1. The van der Waals surface area contributed by atoms with Crippen molar-refractivity contribution in [3.63, 3.8) is 0 Å². The third-order valence-electron chi connectivity index (χ3n) is 7.56. The summed E-state index contributed by atoms with van der Waals surface area (Å²) < 4.78 is 7.24. The van der Waals surface area contributed by atoms with Gasteiger partial charge in [0.15, 0.2) is 5.11 Å². The zero-order valence-electron chi connectivity index (χ0n) is 25.2. The Bertz CT molecular complexity index is 1580. The molecule has 44 heavy (non-hydrogen) atoms. The lowest BCUT2D eigenvalue weighted by atomic mass is 9.98. The molecule has 0 aliphatic heterocycles. The predicted molar refractivity (Wildman–Crippen MR) is 179 cm³/mol. The van der Waals surface area contributed by atoms with Crippen LogP contribution in [0.1, 0.15) is 42.7 Å². The first-order chi connectivity index (χ1) is 21.3. The number of nitrogens with one attached hydrogen (secondary N) is 2. The van der Waals surface area contributed by atoms with E-state index in [9.17, 15) is 4.79 Å². The van der Waals surface area contributed by atoms with Crippen LogP contribution in [0.2, 0.25) is 5.02 Å². The van der Waals surface area contributed by atoms with Crippen LogP contribution in [0.5, 0.6) is 5.75 Å². The first kappa shape index (κ1) is 32.5. The van der Waals surface area contributed by atoms with Crippen LogP contribution in [0.4, 0.5) is 5.69 Å². The monoisotopic (exact) mass is 628 g/mol. The van der Waals surface area contributed by atoms with Gasteiger partial charge >= 0.3 is 0 Å². The van der Waals surface area contributed by atoms with Crippen molar-refractivity contribution in [1.29, 1.82) is 5.26 Å². The number of carbonyl (C=O) groups excluding carboxylic acids is 1. The van der Waals surface area contributed by atoms with Gasteiger partial charge in [0.05, 0.1) is 31.5 Å². The Balaban J connectivity index is 1.48. The second kappa shape index (κ2) is 15.9. The normalized spacial score (nSPS) is 12.1. The van der Waals surface area contributed by atoms with E-state index in [1.165, 1.54) is 0 Å². The average molecular weight is 629 g/mol. The number of anilines is 1. The number of hydrogen-bond donors (Lipinski definition) is 2. The highest BCUT2D eigenvalue weighted by Gasteiger charge is 2.24. The molecule has 1 heterocycles. The van der Waals surface area contributed by atoms with Crippen molar-refractivity contribution in [3.8, 4) is 11.8 Å². The summed E-state index contributed by atoms with van der Waals surface area (Å²) in [5.74, 6) is 0.858. The highest BCUT2D eigenvalue weighted by molar-refractivity contribution is 7.80. The number of hydrogen-bond acceptors (Lipinski definition) is 5. The molecule has 0 spiro atoms. The largest absolute Gasteiger partial charge is 0.497 e. The molecular weight excluding hydrogens is 592 g/mol. The smallest absolute Gasteiger partial charge is 0.226 e. The molecule has 8 nitrogen and oxygen atoms in total. The molecular formula is C34H37ClN6O2S. The van der Waals surface area contributed by atoms with Crippen molar-refractivity contribution >= 4 is 40.5 Å². The lowest BCUT2D eigenvalue weighted by Gasteiger charge is -2.33. The number of benzene rings is 3. The van der Waals surface area contributed by atoms with Crippen molar-refractivity contribution in [1.82, 2.24) is 19.8 Å². The van der Waals surface area contributed by atoms with E-state index in [1.807, 2.05) is 65.2 Å². The molecule has 228 valence electrons.